The molecule has 0 bridgehead atoms. The molecule has 0 saturated carbocycles. The van der Waals surface area contributed by atoms with Crippen LogP contribution >= 0.6 is 0 Å². The van der Waals surface area contributed by atoms with Gasteiger partial charge in [0.05, 0.1) is 29.0 Å². The highest BCUT2D eigenvalue weighted by atomic mass is 16.1. The number of aromatic nitrogens is 3. The Morgan fingerprint density at radius 3 is 2.79 bits per heavy atom. The van der Waals surface area contributed by atoms with Crippen LogP contribution in [-0.4, -0.2) is 27.6 Å². The van der Waals surface area contributed by atoms with Crippen LogP contribution in [0.2, 0.25) is 0 Å². The summed E-state index contributed by atoms with van der Waals surface area (Å²) in [6.45, 7) is 0.00278. The van der Waals surface area contributed by atoms with E-state index in [9.17, 15) is 4.79 Å². The Bertz CT molecular complexity index is 1260. The number of H-pyrrole nitrogens is 1. The van der Waals surface area contributed by atoms with Gasteiger partial charge < -0.3 is 5.32 Å². The van der Waals surface area contributed by atoms with Crippen molar-refractivity contribution in [1.29, 1.82) is 5.26 Å². The van der Waals surface area contributed by atoms with Crippen molar-refractivity contribution >= 4 is 27.7 Å². The molecular formula is C22H17N5O. The van der Waals surface area contributed by atoms with Crippen LogP contribution in [0.15, 0.2) is 42.6 Å². The number of nitrogens with one attached hydrogen (secondary N) is 2. The molecule has 2 aromatic carbocycles. The summed E-state index contributed by atoms with van der Waals surface area (Å²) in [5.74, 6) is -0.243. The SMILES string of the molecule is N#CCNC(=O)c1ccc(-c2nc3ccc4[nH]ncc4c3c3c2CCC3)cc1. The molecule has 5 rings (SSSR count). The van der Waals surface area contributed by atoms with Crippen LogP contribution in [0.1, 0.15) is 27.9 Å². The maximum absolute atomic E-state index is 12.0. The number of nitriles is 1. The first-order chi connectivity index (χ1) is 13.8. The van der Waals surface area contributed by atoms with Crippen molar-refractivity contribution in [3.8, 4) is 17.3 Å². The van der Waals surface area contributed by atoms with Gasteiger partial charge in [0, 0.05) is 21.9 Å². The predicted octanol–water partition coefficient (Wildman–Crippen LogP) is 3.52. The number of pyridine rings is 1. The van der Waals surface area contributed by atoms with Gasteiger partial charge >= 0.3 is 0 Å². The third-order valence-corrected chi connectivity index (χ3v) is 5.39. The summed E-state index contributed by atoms with van der Waals surface area (Å²) in [7, 11) is 0. The van der Waals surface area contributed by atoms with Crippen LogP contribution in [0.3, 0.4) is 0 Å². The van der Waals surface area contributed by atoms with Crippen LogP contribution in [0.4, 0.5) is 0 Å². The first kappa shape index (κ1) is 16.5. The normalized spacial score (nSPS) is 12.8. The lowest BCUT2D eigenvalue weighted by Crippen LogP contribution is -2.23. The molecule has 4 aromatic rings. The van der Waals surface area contributed by atoms with Crippen LogP contribution in [0, 0.1) is 11.3 Å². The minimum absolute atomic E-state index is 0.00278. The molecule has 6 heteroatoms. The van der Waals surface area contributed by atoms with Gasteiger partial charge in [-0.2, -0.15) is 10.4 Å². The zero-order valence-electron chi connectivity index (χ0n) is 15.1. The van der Waals surface area contributed by atoms with E-state index < -0.39 is 0 Å². The van der Waals surface area contributed by atoms with Gasteiger partial charge in [-0.15, -0.1) is 0 Å². The minimum Gasteiger partial charge on any atom is -0.339 e. The van der Waals surface area contributed by atoms with Gasteiger partial charge in [-0.25, -0.2) is 4.98 Å². The highest BCUT2D eigenvalue weighted by molar-refractivity contribution is 6.08. The largest absolute Gasteiger partial charge is 0.339 e. The Morgan fingerprint density at radius 2 is 1.96 bits per heavy atom. The molecule has 136 valence electrons. The molecule has 2 N–H and O–H groups in total. The molecule has 1 amide bonds. The monoisotopic (exact) mass is 367 g/mol. The number of hydrogen-bond donors (Lipinski definition) is 2. The molecule has 2 heterocycles. The zero-order chi connectivity index (χ0) is 19.1. The number of carbonyl (C=O) groups is 1. The van der Waals surface area contributed by atoms with Crippen LogP contribution < -0.4 is 5.32 Å². The topological polar surface area (TPSA) is 94.5 Å². The van der Waals surface area contributed by atoms with E-state index >= 15 is 0 Å². The number of amides is 1. The van der Waals surface area contributed by atoms with Crippen LogP contribution in [0.5, 0.6) is 0 Å². The number of rotatable bonds is 3. The Morgan fingerprint density at radius 1 is 1.14 bits per heavy atom. The molecule has 1 aliphatic rings. The van der Waals surface area contributed by atoms with Gasteiger partial charge in [-0.1, -0.05) is 12.1 Å². The Balaban J connectivity index is 1.63. The number of aryl methyl sites for hydroxylation is 1. The number of nitrogens with zero attached hydrogens (tertiary/aromatic N) is 3. The molecule has 0 fully saturated rings. The minimum atomic E-state index is -0.243. The standard InChI is InChI=1S/C22H17N5O/c23-10-11-24-22(28)14-6-4-13(5-7-14)21-16-3-1-2-15(16)20-17-12-25-27-18(17)8-9-19(20)26-21/h4-9,12H,1-3,11H2,(H,24,28)(H,25,27). The number of carbonyl (C=O) groups excluding carboxylic acids is 1. The lowest BCUT2D eigenvalue weighted by atomic mass is 9.96. The van der Waals surface area contributed by atoms with E-state index in [2.05, 4.69) is 15.5 Å². The maximum atomic E-state index is 12.0. The van der Waals surface area contributed by atoms with Gasteiger partial charge in [0.25, 0.3) is 5.91 Å². The van der Waals surface area contributed by atoms with Crippen molar-refractivity contribution in [2.24, 2.45) is 0 Å². The Hall–Kier alpha value is -3.72. The van der Waals surface area contributed by atoms with Gasteiger partial charge in [0.2, 0.25) is 0 Å². The zero-order valence-corrected chi connectivity index (χ0v) is 15.1. The van der Waals surface area contributed by atoms with Crippen molar-refractivity contribution in [3.05, 3.63) is 59.3 Å². The molecule has 6 nitrogen and oxygen atoms in total. The van der Waals surface area contributed by atoms with E-state index in [4.69, 9.17) is 10.2 Å². The van der Waals surface area contributed by atoms with E-state index in [-0.39, 0.29) is 12.5 Å². The lowest BCUT2D eigenvalue weighted by Gasteiger charge is -2.13. The van der Waals surface area contributed by atoms with Crippen molar-refractivity contribution in [1.82, 2.24) is 20.5 Å². The highest BCUT2D eigenvalue weighted by Crippen LogP contribution is 2.38. The van der Waals surface area contributed by atoms with Crippen LogP contribution in [0.25, 0.3) is 33.1 Å². The summed E-state index contributed by atoms with van der Waals surface area (Å²) in [6, 6.07) is 13.4. The lowest BCUT2D eigenvalue weighted by molar-refractivity contribution is 0.0958. The molecule has 1 aliphatic carbocycles. The molecule has 28 heavy (non-hydrogen) atoms. The van der Waals surface area contributed by atoms with Crippen molar-refractivity contribution < 1.29 is 4.79 Å². The molecular weight excluding hydrogens is 350 g/mol. The van der Waals surface area contributed by atoms with Gasteiger partial charge in [0.1, 0.15) is 6.54 Å². The van der Waals surface area contributed by atoms with Gasteiger partial charge in [0.15, 0.2) is 0 Å². The summed E-state index contributed by atoms with van der Waals surface area (Å²) in [5.41, 5.74) is 7.20. The van der Waals surface area contributed by atoms with E-state index in [1.54, 1.807) is 12.1 Å². The fraction of sp³-hybridized carbons (Fsp3) is 0.182. The Kier molecular flexibility index (Phi) is 3.80. The number of hydrogen-bond acceptors (Lipinski definition) is 4. The Labute approximate surface area is 161 Å². The number of aromatic amines is 1. The van der Waals surface area contributed by atoms with E-state index in [1.807, 2.05) is 36.5 Å². The highest BCUT2D eigenvalue weighted by Gasteiger charge is 2.22. The average molecular weight is 367 g/mol. The molecule has 0 atom stereocenters. The summed E-state index contributed by atoms with van der Waals surface area (Å²) < 4.78 is 0. The first-order valence-corrected chi connectivity index (χ1v) is 9.29. The molecule has 0 radical (unpaired) electrons. The summed E-state index contributed by atoms with van der Waals surface area (Å²) >= 11 is 0. The van der Waals surface area contributed by atoms with Crippen molar-refractivity contribution in [3.63, 3.8) is 0 Å². The molecule has 0 spiro atoms. The van der Waals surface area contributed by atoms with Gasteiger partial charge in [-0.05, 0) is 54.7 Å². The smallest absolute Gasteiger partial charge is 0.252 e. The van der Waals surface area contributed by atoms with E-state index in [0.717, 1.165) is 46.9 Å². The average Bonchev–Trinajstić information content (AvgIpc) is 3.40. The third-order valence-electron chi connectivity index (χ3n) is 5.39. The molecule has 0 aliphatic heterocycles. The quantitative estimate of drug-likeness (QED) is 0.542. The second-order valence-electron chi connectivity index (χ2n) is 6.98. The van der Waals surface area contributed by atoms with Gasteiger partial charge in [-0.3, -0.25) is 9.89 Å². The maximum Gasteiger partial charge on any atom is 0.252 e. The fourth-order valence-electron chi connectivity index (χ4n) is 4.13. The summed E-state index contributed by atoms with van der Waals surface area (Å²) in [5, 5.41) is 20.7. The van der Waals surface area contributed by atoms with E-state index in [1.165, 1.54) is 16.5 Å². The molecule has 0 unspecified atom stereocenters. The third kappa shape index (κ3) is 2.52. The van der Waals surface area contributed by atoms with Crippen molar-refractivity contribution in [2.45, 2.75) is 19.3 Å². The number of fused-ring (bicyclic) bond motifs is 5. The second kappa shape index (κ2) is 6.46. The number of benzene rings is 2. The summed E-state index contributed by atoms with van der Waals surface area (Å²) in [6.07, 6.45) is 5.05. The molecule has 2 aromatic heterocycles. The van der Waals surface area contributed by atoms with E-state index in [0.29, 0.717) is 5.56 Å². The first-order valence-electron chi connectivity index (χ1n) is 9.29. The predicted molar refractivity (Wildman–Crippen MR) is 107 cm³/mol. The van der Waals surface area contributed by atoms with Crippen molar-refractivity contribution in [2.75, 3.05) is 6.54 Å². The second-order valence-corrected chi connectivity index (χ2v) is 6.98. The summed E-state index contributed by atoms with van der Waals surface area (Å²) in [4.78, 5) is 17.0. The fourth-order valence-corrected chi connectivity index (χ4v) is 4.13. The van der Waals surface area contributed by atoms with Crippen LogP contribution in [-0.2, 0) is 12.8 Å². The molecule has 0 saturated heterocycles.